The number of benzene rings is 1. The fourth-order valence-electron chi connectivity index (χ4n) is 3.21. The number of nitrogens with zero attached hydrogens (tertiary/aromatic N) is 2. The zero-order valence-corrected chi connectivity index (χ0v) is 15.3. The Labute approximate surface area is 153 Å². The van der Waals surface area contributed by atoms with E-state index in [1.807, 2.05) is 24.3 Å². The number of aliphatic hydroxyl groups is 1. The standard InChI is InChI=1S/C20H25N3O3/c1-4-20(2,25)13-23-10-9-17-16(12-23)19(24)22-18(21-17)11-14-5-7-15(26-3)8-6-14/h4-8,25H,1,9-13H2,2-3H3,(H,21,22,24)/t20-/m0/s1. The van der Waals surface area contributed by atoms with Gasteiger partial charge in [-0.05, 0) is 24.6 Å². The topological polar surface area (TPSA) is 78.5 Å². The Hall–Kier alpha value is -2.44. The van der Waals surface area contributed by atoms with Crippen LogP contribution in [0, 0.1) is 0 Å². The van der Waals surface area contributed by atoms with Crippen molar-refractivity contribution >= 4 is 0 Å². The summed E-state index contributed by atoms with van der Waals surface area (Å²) in [6.45, 7) is 7.07. The minimum Gasteiger partial charge on any atom is -0.497 e. The van der Waals surface area contributed by atoms with Gasteiger partial charge in [-0.25, -0.2) is 4.98 Å². The largest absolute Gasteiger partial charge is 0.497 e. The van der Waals surface area contributed by atoms with E-state index in [0.717, 1.165) is 23.6 Å². The molecule has 0 spiro atoms. The Morgan fingerprint density at radius 2 is 2.15 bits per heavy atom. The Bertz CT molecular complexity index is 840. The highest BCUT2D eigenvalue weighted by molar-refractivity contribution is 5.29. The summed E-state index contributed by atoms with van der Waals surface area (Å²) in [5.41, 5.74) is 1.54. The van der Waals surface area contributed by atoms with E-state index < -0.39 is 5.60 Å². The van der Waals surface area contributed by atoms with Crippen LogP contribution in [0.5, 0.6) is 5.75 Å². The number of fused-ring (bicyclic) bond motifs is 1. The van der Waals surface area contributed by atoms with Crippen LogP contribution in [-0.2, 0) is 19.4 Å². The molecule has 0 radical (unpaired) electrons. The number of aromatic nitrogens is 2. The second kappa shape index (κ2) is 7.43. The fourth-order valence-corrected chi connectivity index (χ4v) is 3.21. The van der Waals surface area contributed by atoms with Gasteiger partial charge in [0, 0.05) is 32.5 Å². The van der Waals surface area contributed by atoms with Crippen molar-refractivity contribution in [2.75, 3.05) is 20.2 Å². The van der Waals surface area contributed by atoms with Crippen LogP contribution in [0.2, 0.25) is 0 Å². The van der Waals surface area contributed by atoms with Gasteiger partial charge in [0.2, 0.25) is 0 Å². The molecule has 3 rings (SSSR count). The molecular formula is C20H25N3O3. The third kappa shape index (κ3) is 4.20. The molecule has 138 valence electrons. The summed E-state index contributed by atoms with van der Waals surface area (Å²) >= 11 is 0. The maximum atomic E-state index is 12.5. The van der Waals surface area contributed by atoms with Gasteiger partial charge >= 0.3 is 0 Å². The molecule has 1 aliphatic rings. The molecule has 0 aliphatic carbocycles. The average Bonchev–Trinajstić information content (AvgIpc) is 2.63. The first kappa shape index (κ1) is 18.4. The van der Waals surface area contributed by atoms with Crippen LogP contribution in [0.1, 0.15) is 29.6 Å². The SMILES string of the molecule is C=C[C@](C)(O)CN1CCc2nc(Cc3ccc(OC)cc3)[nH]c(=O)c2C1. The Morgan fingerprint density at radius 3 is 2.81 bits per heavy atom. The first-order chi connectivity index (χ1) is 12.4. The highest BCUT2D eigenvalue weighted by Gasteiger charge is 2.26. The van der Waals surface area contributed by atoms with Gasteiger partial charge in [0.05, 0.1) is 24.0 Å². The van der Waals surface area contributed by atoms with E-state index >= 15 is 0 Å². The number of hydrogen-bond acceptors (Lipinski definition) is 5. The number of β-amino-alcohol motifs (C(OH)–C–C–N with tert-alkyl or cyclic N) is 1. The third-order valence-electron chi connectivity index (χ3n) is 4.71. The lowest BCUT2D eigenvalue weighted by Crippen LogP contribution is -2.44. The van der Waals surface area contributed by atoms with Crippen molar-refractivity contribution in [3.8, 4) is 5.75 Å². The summed E-state index contributed by atoms with van der Waals surface area (Å²) < 4.78 is 5.16. The molecule has 1 atom stereocenters. The molecule has 2 heterocycles. The Kier molecular flexibility index (Phi) is 5.25. The van der Waals surface area contributed by atoms with Crippen LogP contribution >= 0.6 is 0 Å². The summed E-state index contributed by atoms with van der Waals surface area (Å²) in [5, 5.41) is 10.2. The quantitative estimate of drug-likeness (QED) is 0.771. The molecular weight excluding hydrogens is 330 g/mol. The number of methoxy groups -OCH3 is 1. The molecule has 26 heavy (non-hydrogen) atoms. The van der Waals surface area contributed by atoms with Crippen molar-refractivity contribution in [2.24, 2.45) is 0 Å². The van der Waals surface area contributed by atoms with Crippen molar-refractivity contribution in [3.63, 3.8) is 0 Å². The van der Waals surface area contributed by atoms with Gasteiger partial charge < -0.3 is 14.8 Å². The van der Waals surface area contributed by atoms with Gasteiger partial charge in [-0.1, -0.05) is 18.2 Å². The van der Waals surface area contributed by atoms with Gasteiger partial charge in [0.1, 0.15) is 11.6 Å². The van der Waals surface area contributed by atoms with E-state index in [2.05, 4.69) is 21.4 Å². The number of nitrogens with one attached hydrogen (secondary N) is 1. The fraction of sp³-hybridized carbons (Fsp3) is 0.400. The van der Waals surface area contributed by atoms with E-state index in [-0.39, 0.29) is 5.56 Å². The van der Waals surface area contributed by atoms with Gasteiger partial charge in [-0.15, -0.1) is 6.58 Å². The molecule has 0 saturated heterocycles. The van der Waals surface area contributed by atoms with Gasteiger partial charge in [0.25, 0.3) is 5.56 Å². The average molecular weight is 355 g/mol. The molecule has 1 aliphatic heterocycles. The third-order valence-corrected chi connectivity index (χ3v) is 4.71. The normalized spacial score (nSPS) is 16.6. The van der Waals surface area contributed by atoms with E-state index in [1.54, 1.807) is 14.0 Å². The van der Waals surface area contributed by atoms with Crippen molar-refractivity contribution in [1.82, 2.24) is 14.9 Å². The second-order valence-electron chi connectivity index (χ2n) is 6.98. The maximum absolute atomic E-state index is 12.5. The van der Waals surface area contributed by atoms with Crippen LogP contribution in [0.3, 0.4) is 0 Å². The molecule has 0 unspecified atom stereocenters. The van der Waals surface area contributed by atoms with Crippen molar-refractivity contribution in [3.05, 3.63) is 69.9 Å². The molecule has 0 bridgehead atoms. The van der Waals surface area contributed by atoms with E-state index in [9.17, 15) is 9.90 Å². The predicted octanol–water partition coefficient (Wildman–Crippen LogP) is 1.66. The molecule has 6 nitrogen and oxygen atoms in total. The van der Waals surface area contributed by atoms with Crippen LogP contribution in [0.15, 0.2) is 41.7 Å². The highest BCUT2D eigenvalue weighted by Crippen LogP contribution is 2.18. The number of hydrogen-bond donors (Lipinski definition) is 2. The second-order valence-corrected chi connectivity index (χ2v) is 6.98. The lowest BCUT2D eigenvalue weighted by atomic mass is 10.0. The van der Waals surface area contributed by atoms with Crippen LogP contribution in [0.25, 0.3) is 0 Å². The first-order valence-electron chi connectivity index (χ1n) is 8.72. The number of rotatable bonds is 6. The lowest BCUT2D eigenvalue weighted by Gasteiger charge is -2.32. The van der Waals surface area contributed by atoms with Gasteiger partial charge in [0.15, 0.2) is 0 Å². The summed E-state index contributed by atoms with van der Waals surface area (Å²) in [6, 6.07) is 7.74. The maximum Gasteiger partial charge on any atom is 0.255 e. The monoisotopic (exact) mass is 355 g/mol. The Balaban J connectivity index is 1.76. The number of ether oxygens (including phenoxy) is 1. The lowest BCUT2D eigenvalue weighted by molar-refractivity contribution is 0.0561. The van der Waals surface area contributed by atoms with E-state index in [1.165, 1.54) is 6.08 Å². The van der Waals surface area contributed by atoms with Crippen molar-refractivity contribution in [1.29, 1.82) is 0 Å². The number of H-pyrrole nitrogens is 1. The van der Waals surface area contributed by atoms with Crippen LogP contribution in [0.4, 0.5) is 0 Å². The number of aromatic amines is 1. The molecule has 6 heteroatoms. The minimum absolute atomic E-state index is 0.0959. The molecule has 1 aromatic carbocycles. The van der Waals surface area contributed by atoms with Crippen LogP contribution in [-0.4, -0.2) is 45.8 Å². The van der Waals surface area contributed by atoms with E-state index in [0.29, 0.717) is 37.3 Å². The molecule has 1 aromatic heterocycles. The summed E-state index contributed by atoms with van der Waals surface area (Å²) in [6.07, 6.45) is 2.80. The predicted molar refractivity (Wildman–Crippen MR) is 100 cm³/mol. The summed E-state index contributed by atoms with van der Waals surface area (Å²) in [4.78, 5) is 22.2. The van der Waals surface area contributed by atoms with Crippen molar-refractivity contribution in [2.45, 2.75) is 31.9 Å². The minimum atomic E-state index is -0.966. The molecule has 0 amide bonds. The van der Waals surface area contributed by atoms with E-state index in [4.69, 9.17) is 4.74 Å². The molecule has 0 saturated carbocycles. The van der Waals surface area contributed by atoms with Crippen molar-refractivity contribution < 1.29 is 9.84 Å². The highest BCUT2D eigenvalue weighted by atomic mass is 16.5. The molecule has 0 fully saturated rings. The first-order valence-corrected chi connectivity index (χ1v) is 8.72. The van der Waals surface area contributed by atoms with Crippen LogP contribution < -0.4 is 10.3 Å². The summed E-state index contributed by atoms with van der Waals surface area (Å²) in [5.74, 6) is 1.47. The zero-order chi connectivity index (χ0) is 18.7. The van der Waals surface area contributed by atoms with Gasteiger partial charge in [-0.3, -0.25) is 9.69 Å². The summed E-state index contributed by atoms with van der Waals surface area (Å²) in [7, 11) is 1.63. The Morgan fingerprint density at radius 1 is 1.42 bits per heavy atom. The molecule has 2 N–H and O–H groups in total. The smallest absolute Gasteiger partial charge is 0.255 e. The van der Waals surface area contributed by atoms with Gasteiger partial charge in [-0.2, -0.15) is 0 Å². The molecule has 2 aromatic rings. The zero-order valence-electron chi connectivity index (χ0n) is 15.3.